The molecule has 0 unspecified atom stereocenters. The monoisotopic (exact) mass is 410 g/mol. The Kier molecular flexibility index (Phi) is 17.9. The lowest BCUT2D eigenvalue weighted by atomic mass is 10.0. The molecule has 0 bridgehead atoms. The zero-order chi connectivity index (χ0) is 19.5. The van der Waals surface area contributed by atoms with E-state index in [-0.39, 0.29) is 6.61 Å². The van der Waals surface area contributed by atoms with Gasteiger partial charge in [0, 0.05) is 5.75 Å². The van der Waals surface area contributed by atoms with Crippen LogP contribution >= 0.6 is 11.8 Å². The molecule has 0 heterocycles. The molecule has 0 aliphatic rings. The van der Waals surface area contributed by atoms with Gasteiger partial charge in [-0.3, -0.25) is 4.55 Å². The zero-order valence-electron chi connectivity index (χ0n) is 16.4. The Morgan fingerprint density at radius 2 is 1.23 bits per heavy atom. The summed E-state index contributed by atoms with van der Waals surface area (Å²) in [6.07, 6.45) is 18.2. The summed E-state index contributed by atoms with van der Waals surface area (Å²) in [5, 5.41) is -0.469. The van der Waals surface area contributed by atoms with Crippen molar-refractivity contribution in [1.82, 2.24) is 0 Å². The first kappa shape index (κ1) is 25.7. The third-order valence-corrected chi connectivity index (χ3v) is 5.81. The molecule has 0 aromatic carbocycles. The van der Waals surface area contributed by atoms with Crippen molar-refractivity contribution in [2.75, 3.05) is 18.1 Å². The summed E-state index contributed by atoms with van der Waals surface area (Å²) in [7, 11) is -4.06. The van der Waals surface area contributed by atoms with Crippen LogP contribution in [0.2, 0.25) is 0 Å². The van der Waals surface area contributed by atoms with Crippen molar-refractivity contribution in [1.29, 1.82) is 0 Å². The van der Waals surface area contributed by atoms with Crippen LogP contribution in [0, 0.1) is 0 Å². The lowest BCUT2D eigenvalue weighted by Gasteiger charge is -2.04. The SMILES string of the molecule is CCCCCCCCCCCCCCCCSC(=O)OCCS(=O)(=O)O. The average molecular weight is 411 g/mol. The number of thioether (sulfide) groups is 1. The van der Waals surface area contributed by atoms with Gasteiger partial charge in [-0.1, -0.05) is 90.4 Å². The number of unbranched alkanes of at least 4 members (excludes halogenated alkanes) is 13. The smallest absolute Gasteiger partial charge is 0.367 e. The van der Waals surface area contributed by atoms with Gasteiger partial charge in [-0.05, 0) is 18.2 Å². The summed E-state index contributed by atoms with van der Waals surface area (Å²) in [4.78, 5) is 11.3. The van der Waals surface area contributed by atoms with Gasteiger partial charge in [0.2, 0.25) is 0 Å². The van der Waals surface area contributed by atoms with E-state index < -0.39 is 21.2 Å². The van der Waals surface area contributed by atoms with E-state index in [2.05, 4.69) is 6.92 Å². The fourth-order valence-corrected chi connectivity index (χ4v) is 3.70. The first-order valence-electron chi connectivity index (χ1n) is 10.2. The van der Waals surface area contributed by atoms with Gasteiger partial charge in [-0.2, -0.15) is 8.42 Å². The van der Waals surface area contributed by atoms with E-state index in [1.165, 1.54) is 77.0 Å². The van der Waals surface area contributed by atoms with Gasteiger partial charge in [-0.15, -0.1) is 0 Å². The van der Waals surface area contributed by atoms with Gasteiger partial charge in [0.1, 0.15) is 12.4 Å². The zero-order valence-corrected chi connectivity index (χ0v) is 18.1. The van der Waals surface area contributed by atoms with E-state index in [4.69, 9.17) is 9.29 Å². The van der Waals surface area contributed by atoms with Gasteiger partial charge in [-0.25, -0.2) is 4.79 Å². The molecule has 156 valence electrons. The van der Waals surface area contributed by atoms with E-state index in [1.54, 1.807) is 0 Å². The van der Waals surface area contributed by atoms with Crippen LogP contribution in [-0.4, -0.2) is 36.4 Å². The van der Waals surface area contributed by atoms with E-state index >= 15 is 0 Å². The number of ether oxygens (including phenoxy) is 1. The second-order valence-electron chi connectivity index (χ2n) is 6.83. The molecule has 0 aliphatic carbocycles. The van der Waals surface area contributed by atoms with Crippen molar-refractivity contribution in [2.45, 2.75) is 96.8 Å². The molecule has 0 rings (SSSR count). The van der Waals surface area contributed by atoms with Crippen molar-refractivity contribution in [3.63, 3.8) is 0 Å². The molecule has 0 saturated heterocycles. The Morgan fingerprint density at radius 3 is 1.65 bits per heavy atom. The number of hydrogen-bond acceptors (Lipinski definition) is 5. The highest BCUT2D eigenvalue weighted by Gasteiger charge is 2.08. The van der Waals surface area contributed by atoms with Gasteiger partial charge >= 0.3 is 5.30 Å². The second kappa shape index (κ2) is 18.1. The van der Waals surface area contributed by atoms with Gasteiger partial charge in [0.05, 0.1) is 0 Å². The minimum Gasteiger partial charge on any atom is -0.456 e. The average Bonchev–Trinajstić information content (AvgIpc) is 2.57. The molecule has 0 atom stereocenters. The van der Waals surface area contributed by atoms with Crippen molar-refractivity contribution >= 4 is 27.2 Å². The van der Waals surface area contributed by atoms with Crippen molar-refractivity contribution < 1.29 is 22.5 Å². The van der Waals surface area contributed by atoms with E-state index in [0.717, 1.165) is 24.6 Å². The van der Waals surface area contributed by atoms with Crippen LogP contribution in [-0.2, 0) is 14.9 Å². The number of rotatable bonds is 18. The molecule has 0 saturated carbocycles. The molecule has 0 aromatic heterocycles. The molecule has 0 aliphatic heterocycles. The van der Waals surface area contributed by atoms with Crippen LogP contribution in [0.5, 0.6) is 0 Å². The number of hydrogen-bond donors (Lipinski definition) is 1. The van der Waals surface area contributed by atoms with Gasteiger partial charge in [0.15, 0.2) is 0 Å². The van der Waals surface area contributed by atoms with Gasteiger partial charge < -0.3 is 4.74 Å². The molecule has 1 N–H and O–H groups in total. The molecule has 0 spiro atoms. The van der Waals surface area contributed by atoms with Crippen LogP contribution in [0.1, 0.15) is 96.8 Å². The third kappa shape index (κ3) is 21.8. The molecule has 7 heteroatoms. The Morgan fingerprint density at radius 1 is 0.808 bits per heavy atom. The quantitative estimate of drug-likeness (QED) is 0.164. The van der Waals surface area contributed by atoms with Crippen LogP contribution in [0.15, 0.2) is 0 Å². The van der Waals surface area contributed by atoms with Crippen LogP contribution in [0.3, 0.4) is 0 Å². The summed E-state index contributed by atoms with van der Waals surface area (Å²) in [6, 6.07) is 0. The summed E-state index contributed by atoms with van der Waals surface area (Å²) in [5.74, 6) is 0.154. The lowest BCUT2D eigenvalue weighted by molar-refractivity contribution is 0.181. The Hall–Kier alpha value is -0.270. The predicted octanol–water partition coefficient (Wildman–Crippen LogP) is 6.23. The fraction of sp³-hybridized carbons (Fsp3) is 0.947. The number of carbonyl (C=O) groups is 1. The standard InChI is InChI=1S/C19H38O5S2/c1-2-3-4-5-6-7-8-9-10-11-12-13-14-15-17-25-19(20)24-16-18-26(21,22)23/h2-18H2,1H3,(H,21,22,23). The molecular formula is C19H38O5S2. The minimum atomic E-state index is -4.06. The molecule has 0 fully saturated rings. The Labute approximate surface area is 164 Å². The first-order valence-corrected chi connectivity index (χ1v) is 12.8. The lowest BCUT2D eigenvalue weighted by Crippen LogP contribution is -2.12. The van der Waals surface area contributed by atoms with Crippen LogP contribution in [0.25, 0.3) is 0 Å². The maximum atomic E-state index is 11.3. The second-order valence-corrected chi connectivity index (χ2v) is 9.43. The maximum absolute atomic E-state index is 11.3. The van der Waals surface area contributed by atoms with Crippen LogP contribution in [0.4, 0.5) is 4.79 Å². The van der Waals surface area contributed by atoms with E-state index in [9.17, 15) is 13.2 Å². The topological polar surface area (TPSA) is 80.7 Å². The maximum Gasteiger partial charge on any atom is 0.367 e. The summed E-state index contributed by atoms with van der Waals surface area (Å²) in [6.45, 7) is 1.97. The summed E-state index contributed by atoms with van der Waals surface area (Å²) in [5.41, 5.74) is 0. The fourth-order valence-electron chi connectivity index (χ4n) is 2.72. The molecule has 0 radical (unpaired) electrons. The number of carbonyl (C=O) groups excluding carboxylic acids is 1. The van der Waals surface area contributed by atoms with Crippen molar-refractivity contribution in [2.24, 2.45) is 0 Å². The van der Waals surface area contributed by atoms with E-state index in [1.807, 2.05) is 0 Å². The Balaban J connectivity index is 3.18. The molecule has 5 nitrogen and oxygen atoms in total. The summed E-state index contributed by atoms with van der Waals surface area (Å²) < 4.78 is 34.2. The predicted molar refractivity (Wildman–Crippen MR) is 111 cm³/mol. The highest BCUT2D eigenvalue weighted by Crippen LogP contribution is 2.14. The third-order valence-electron chi connectivity index (χ3n) is 4.28. The van der Waals surface area contributed by atoms with Crippen molar-refractivity contribution in [3.05, 3.63) is 0 Å². The highest BCUT2D eigenvalue weighted by molar-refractivity contribution is 8.13. The molecular weight excluding hydrogens is 372 g/mol. The first-order chi connectivity index (χ1) is 12.5. The van der Waals surface area contributed by atoms with E-state index in [0.29, 0.717) is 5.75 Å². The minimum absolute atomic E-state index is 0.288. The van der Waals surface area contributed by atoms with Crippen LogP contribution < -0.4 is 0 Å². The molecule has 26 heavy (non-hydrogen) atoms. The largest absolute Gasteiger partial charge is 0.456 e. The highest BCUT2D eigenvalue weighted by atomic mass is 32.2. The normalized spacial score (nSPS) is 11.6. The summed E-state index contributed by atoms with van der Waals surface area (Å²) >= 11 is 1.07. The van der Waals surface area contributed by atoms with Gasteiger partial charge in [0.25, 0.3) is 10.1 Å². The Bertz CT molecular complexity index is 424. The molecule has 0 aromatic rings. The molecule has 0 amide bonds. The van der Waals surface area contributed by atoms with Crippen molar-refractivity contribution in [3.8, 4) is 0 Å².